The summed E-state index contributed by atoms with van der Waals surface area (Å²) in [6, 6.07) is 0. The van der Waals surface area contributed by atoms with Crippen molar-refractivity contribution in [3.8, 4) is 0 Å². The third kappa shape index (κ3) is 68.5. The lowest BCUT2D eigenvalue weighted by Crippen LogP contribution is -2.30. The molecule has 0 bridgehead atoms. The maximum Gasteiger partial charge on any atom is 0.306 e. The Morgan fingerprint density at radius 2 is 0.470 bits per heavy atom. The number of unbranched alkanes of at least 4 members (excludes halogenated alkanes) is 32. The summed E-state index contributed by atoms with van der Waals surface area (Å²) in [6.45, 7) is 6.42. The summed E-state index contributed by atoms with van der Waals surface area (Å²) < 4.78 is 17.0. The lowest BCUT2D eigenvalue weighted by atomic mass is 10.0. The quantitative estimate of drug-likeness (QED) is 0.0261. The number of carbonyl (C=O) groups is 3. The Labute approximate surface area is 513 Å². The van der Waals surface area contributed by atoms with E-state index in [2.05, 4.69) is 142 Å². The summed E-state index contributed by atoms with van der Waals surface area (Å²) >= 11 is 0. The molecule has 0 aromatic rings. The largest absolute Gasteiger partial charge is 0.462 e. The molecule has 0 saturated carbocycles. The van der Waals surface area contributed by atoms with Crippen LogP contribution in [0, 0.1) is 0 Å². The first kappa shape index (κ1) is 78.8. The molecule has 83 heavy (non-hydrogen) atoms. The Balaban J connectivity index is 4.37. The van der Waals surface area contributed by atoms with E-state index >= 15 is 0 Å². The van der Waals surface area contributed by atoms with Gasteiger partial charge in [-0.3, -0.25) is 14.4 Å². The van der Waals surface area contributed by atoms with E-state index in [1.54, 1.807) is 0 Å². The average Bonchev–Trinajstić information content (AvgIpc) is 3.49. The molecule has 474 valence electrons. The summed E-state index contributed by atoms with van der Waals surface area (Å²) in [5.41, 5.74) is 0. The zero-order chi connectivity index (χ0) is 59.9. The Bertz CT molecular complexity index is 1700. The average molecular weight is 1150 g/mol. The van der Waals surface area contributed by atoms with Crippen molar-refractivity contribution in [2.75, 3.05) is 13.2 Å². The van der Waals surface area contributed by atoms with Crippen LogP contribution in [0.1, 0.15) is 329 Å². The molecule has 0 aliphatic rings. The van der Waals surface area contributed by atoms with E-state index in [1.165, 1.54) is 148 Å². The Hall–Kier alpha value is -4.19. The van der Waals surface area contributed by atoms with Gasteiger partial charge in [-0.15, -0.1) is 0 Å². The maximum atomic E-state index is 13.0. The van der Waals surface area contributed by atoms with Gasteiger partial charge in [0.2, 0.25) is 0 Å². The summed E-state index contributed by atoms with van der Waals surface area (Å²) in [5.74, 6) is -0.904. The van der Waals surface area contributed by atoms with Gasteiger partial charge in [-0.05, 0) is 128 Å². The zero-order valence-electron chi connectivity index (χ0n) is 54.4. The third-order valence-electron chi connectivity index (χ3n) is 14.9. The minimum atomic E-state index is -0.794. The standard InChI is InChI=1S/C77H130O6/c1-4-7-10-13-16-19-22-25-28-30-32-34-36-37-38-39-41-42-44-46-49-52-55-58-61-64-67-70-76(79)82-73-74(72-81-75(78)69-66-63-60-57-54-51-48-27-24-21-18-15-12-9-6-3)83-77(80)71-68-65-62-59-56-53-50-47-45-43-40-35-33-31-29-26-23-20-17-14-11-8-5-2/h7,9-10,12,16,18-19,21,25,27-28,31-34,37-38,41-42,48,74H,4-6,8,11,13-15,17,20,22-24,26,29-30,35-36,39-40,43-47,49-73H2,1-3H3/b10-7-,12-9-,19-16-,21-18-,28-25-,33-31-,34-32-,38-37-,42-41-,48-27-. The lowest BCUT2D eigenvalue weighted by Gasteiger charge is -2.18. The molecule has 0 amide bonds. The number of carbonyl (C=O) groups excluding carboxylic acids is 3. The molecule has 0 N–H and O–H groups in total. The zero-order valence-corrected chi connectivity index (χ0v) is 54.4. The van der Waals surface area contributed by atoms with Crippen molar-refractivity contribution in [2.45, 2.75) is 335 Å². The molecular formula is C77H130O6. The van der Waals surface area contributed by atoms with E-state index in [-0.39, 0.29) is 31.1 Å². The number of esters is 3. The normalized spacial score (nSPS) is 12.9. The van der Waals surface area contributed by atoms with Crippen LogP contribution in [0.25, 0.3) is 0 Å². The fraction of sp³-hybridized carbons (Fsp3) is 0.701. The number of hydrogen-bond donors (Lipinski definition) is 0. The fourth-order valence-electron chi connectivity index (χ4n) is 9.75. The summed E-state index contributed by atoms with van der Waals surface area (Å²) in [6.07, 6.45) is 97.9. The van der Waals surface area contributed by atoms with Crippen LogP contribution in [0.5, 0.6) is 0 Å². The molecule has 1 atom stereocenters. The molecular weight excluding hydrogens is 1020 g/mol. The van der Waals surface area contributed by atoms with Gasteiger partial charge < -0.3 is 14.2 Å². The predicted molar refractivity (Wildman–Crippen MR) is 362 cm³/mol. The molecule has 0 aliphatic heterocycles. The van der Waals surface area contributed by atoms with Crippen molar-refractivity contribution in [1.82, 2.24) is 0 Å². The summed E-state index contributed by atoms with van der Waals surface area (Å²) in [7, 11) is 0. The fourth-order valence-corrected chi connectivity index (χ4v) is 9.75. The van der Waals surface area contributed by atoms with Crippen molar-refractivity contribution >= 4 is 17.9 Å². The van der Waals surface area contributed by atoms with Gasteiger partial charge in [0, 0.05) is 19.3 Å². The van der Waals surface area contributed by atoms with E-state index in [1.807, 2.05) is 0 Å². The second-order valence-electron chi connectivity index (χ2n) is 23.0. The Morgan fingerprint density at radius 3 is 0.747 bits per heavy atom. The molecule has 0 spiro atoms. The van der Waals surface area contributed by atoms with Gasteiger partial charge in [0.05, 0.1) is 0 Å². The van der Waals surface area contributed by atoms with Crippen LogP contribution in [-0.4, -0.2) is 37.2 Å². The summed E-state index contributed by atoms with van der Waals surface area (Å²) in [5, 5.41) is 0. The van der Waals surface area contributed by atoms with Crippen LogP contribution in [-0.2, 0) is 28.6 Å². The first-order chi connectivity index (χ1) is 41.0. The SMILES string of the molecule is CC/C=C\C/C=C\C/C=C\C/C=C\C/C=C\C/C=C\CCCCCCCCCCC(=O)OCC(COC(=O)CCCCCCC/C=C\C/C=C\C/C=C\CC)OC(=O)CCCCCCCCCCCCC/C=C\CCCCCCCCCC. The van der Waals surface area contributed by atoms with Crippen LogP contribution < -0.4 is 0 Å². The first-order valence-corrected chi connectivity index (χ1v) is 35.0. The highest BCUT2D eigenvalue weighted by Crippen LogP contribution is 2.17. The Morgan fingerprint density at radius 1 is 0.253 bits per heavy atom. The van der Waals surface area contributed by atoms with Crippen molar-refractivity contribution < 1.29 is 28.6 Å². The minimum Gasteiger partial charge on any atom is -0.462 e. The predicted octanol–water partition coefficient (Wildman–Crippen LogP) is 24.3. The second-order valence-corrected chi connectivity index (χ2v) is 23.0. The highest BCUT2D eigenvalue weighted by atomic mass is 16.6. The van der Waals surface area contributed by atoms with Crippen LogP contribution >= 0.6 is 0 Å². The maximum absolute atomic E-state index is 13.0. The lowest BCUT2D eigenvalue weighted by molar-refractivity contribution is -0.167. The Kier molecular flexibility index (Phi) is 66.7. The molecule has 0 aromatic carbocycles. The highest BCUT2D eigenvalue weighted by molar-refractivity contribution is 5.71. The van der Waals surface area contributed by atoms with E-state index < -0.39 is 6.10 Å². The highest BCUT2D eigenvalue weighted by Gasteiger charge is 2.19. The van der Waals surface area contributed by atoms with Crippen LogP contribution in [0.2, 0.25) is 0 Å². The van der Waals surface area contributed by atoms with Crippen LogP contribution in [0.15, 0.2) is 122 Å². The molecule has 6 heteroatoms. The molecule has 6 nitrogen and oxygen atoms in total. The van der Waals surface area contributed by atoms with Crippen LogP contribution in [0.4, 0.5) is 0 Å². The molecule has 0 saturated heterocycles. The first-order valence-electron chi connectivity index (χ1n) is 35.0. The van der Waals surface area contributed by atoms with Gasteiger partial charge >= 0.3 is 17.9 Å². The van der Waals surface area contributed by atoms with Crippen molar-refractivity contribution in [2.24, 2.45) is 0 Å². The van der Waals surface area contributed by atoms with Gasteiger partial charge in [-0.25, -0.2) is 0 Å². The monoisotopic (exact) mass is 1150 g/mol. The number of allylic oxidation sites excluding steroid dienone is 20. The molecule has 0 rings (SSSR count). The third-order valence-corrected chi connectivity index (χ3v) is 14.9. The smallest absolute Gasteiger partial charge is 0.306 e. The van der Waals surface area contributed by atoms with E-state index in [0.717, 1.165) is 141 Å². The second kappa shape index (κ2) is 70.3. The minimum absolute atomic E-state index is 0.0894. The molecule has 0 aromatic heterocycles. The molecule has 0 radical (unpaired) electrons. The molecule has 0 fully saturated rings. The van der Waals surface area contributed by atoms with Gasteiger partial charge in [-0.1, -0.05) is 303 Å². The van der Waals surface area contributed by atoms with Crippen molar-refractivity contribution in [1.29, 1.82) is 0 Å². The molecule has 0 heterocycles. The molecule has 0 aliphatic carbocycles. The molecule has 1 unspecified atom stereocenters. The van der Waals surface area contributed by atoms with E-state index in [4.69, 9.17) is 14.2 Å². The van der Waals surface area contributed by atoms with Crippen molar-refractivity contribution in [3.63, 3.8) is 0 Å². The number of hydrogen-bond acceptors (Lipinski definition) is 6. The van der Waals surface area contributed by atoms with Crippen molar-refractivity contribution in [3.05, 3.63) is 122 Å². The van der Waals surface area contributed by atoms with E-state index in [9.17, 15) is 14.4 Å². The summed E-state index contributed by atoms with van der Waals surface area (Å²) in [4.78, 5) is 38.5. The van der Waals surface area contributed by atoms with Gasteiger partial charge in [0.1, 0.15) is 13.2 Å². The van der Waals surface area contributed by atoms with Gasteiger partial charge in [0.25, 0.3) is 0 Å². The van der Waals surface area contributed by atoms with Crippen LogP contribution in [0.3, 0.4) is 0 Å². The van der Waals surface area contributed by atoms with Gasteiger partial charge in [0.15, 0.2) is 6.10 Å². The van der Waals surface area contributed by atoms with Gasteiger partial charge in [-0.2, -0.15) is 0 Å². The number of ether oxygens (including phenoxy) is 3. The topological polar surface area (TPSA) is 78.9 Å². The number of rotatable bonds is 63. The van der Waals surface area contributed by atoms with E-state index in [0.29, 0.717) is 19.3 Å².